The van der Waals surface area contributed by atoms with Crippen LogP contribution in [0.3, 0.4) is 0 Å². The van der Waals surface area contributed by atoms with Gasteiger partial charge in [0.15, 0.2) is 0 Å². The van der Waals surface area contributed by atoms with E-state index >= 15 is 0 Å². The molecule has 1 aliphatic heterocycles. The Bertz CT molecular complexity index is 695. The molecule has 1 saturated heterocycles. The number of carbonyl (C=O) groups excluding carboxylic acids is 1. The summed E-state index contributed by atoms with van der Waals surface area (Å²) in [6, 6.07) is 5.01. The molecule has 0 radical (unpaired) electrons. The van der Waals surface area contributed by atoms with E-state index < -0.39 is 34.9 Å². The summed E-state index contributed by atoms with van der Waals surface area (Å²) in [5.41, 5.74) is 4.96. The predicted octanol–water partition coefficient (Wildman–Crippen LogP) is 0.889. The van der Waals surface area contributed by atoms with Crippen molar-refractivity contribution in [1.29, 1.82) is 0 Å². The van der Waals surface area contributed by atoms with Gasteiger partial charge < -0.3 is 15.8 Å². The second-order valence-electron chi connectivity index (χ2n) is 5.75. The van der Waals surface area contributed by atoms with Crippen LogP contribution in [0.1, 0.15) is 23.2 Å². The molecule has 1 aromatic rings. The van der Waals surface area contributed by atoms with Gasteiger partial charge in [-0.05, 0) is 37.1 Å². The third-order valence-electron chi connectivity index (χ3n) is 3.76. The molecule has 11 heteroatoms. The minimum Gasteiger partial charge on any atom is -0.377 e. The summed E-state index contributed by atoms with van der Waals surface area (Å²) in [5, 5.41) is 2.06. The topological polar surface area (TPSA) is 111 Å². The maximum Gasteiger partial charge on any atom is 0.277 e. The molecule has 1 aromatic carbocycles. The molecule has 1 amide bonds. The number of sulfonamides is 1. The van der Waals surface area contributed by atoms with Crippen LogP contribution in [0.15, 0.2) is 29.2 Å². The molecule has 0 aromatic heterocycles. The Balaban J connectivity index is 0.00000338. The predicted molar refractivity (Wildman–Crippen MR) is 94.2 cm³/mol. The van der Waals surface area contributed by atoms with Gasteiger partial charge >= 0.3 is 0 Å². The molecule has 2 rings (SSSR count). The van der Waals surface area contributed by atoms with Gasteiger partial charge in [0.2, 0.25) is 10.0 Å². The standard InChI is InChI=1S/C15H21F2N3O4S.ClH/c16-15(17,9-18)10-19-14(21)11-3-5-13(6-4-11)25(22,23)20-8-12-2-1-7-24-12;/h3-6,12,20H,1-2,7-10,18H2,(H,19,21);1H. The van der Waals surface area contributed by atoms with Gasteiger partial charge in [-0.2, -0.15) is 0 Å². The highest BCUT2D eigenvalue weighted by molar-refractivity contribution is 7.89. The zero-order valence-corrected chi connectivity index (χ0v) is 15.5. The first-order chi connectivity index (χ1) is 11.7. The minimum atomic E-state index is -3.73. The normalized spacial score (nSPS) is 17.6. The van der Waals surface area contributed by atoms with E-state index in [0.29, 0.717) is 6.61 Å². The molecule has 0 saturated carbocycles. The molecule has 1 aliphatic rings. The van der Waals surface area contributed by atoms with Crippen molar-refractivity contribution in [2.45, 2.75) is 29.8 Å². The number of nitrogens with two attached hydrogens (primary N) is 1. The van der Waals surface area contributed by atoms with Crippen molar-refractivity contribution in [3.05, 3.63) is 29.8 Å². The van der Waals surface area contributed by atoms with Gasteiger partial charge in [0.05, 0.1) is 24.1 Å². The lowest BCUT2D eigenvalue weighted by Gasteiger charge is -2.14. The molecule has 0 spiro atoms. The van der Waals surface area contributed by atoms with Gasteiger partial charge in [0, 0.05) is 18.7 Å². The molecule has 1 unspecified atom stereocenters. The monoisotopic (exact) mass is 413 g/mol. The van der Waals surface area contributed by atoms with Crippen LogP contribution < -0.4 is 15.8 Å². The number of ether oxygens (including phenoxy) is 1. The number of alkyl halides is 2. The van der Waals surface area contributed by atoms with Crippen molar-refractivity contribution in [2.24, 2.45) is 5.73 Å². The Morgan fingerprint density at radius 1 is 1.31 bits per heavy atom. The summed E-state index contributed by atoms with van der Waals surface area (Å²) in [6.45, 7) is -0.954. The molecule has 0 aliphatic carbocycles. The fourth-order valence-electron chi connectivity index (χ4n) is 2.26. The number of benzene rings is 1. The summed E-state index contributed by atoms with van der Waals surface area (Å²) < 4.78 is 58.2. The van der Waals surface area contributed by atoms with Crippen LogP contribution in [0.25, 0.3) is 0 Å². The second-order valence-corrected chi connectivity index (χ2v) is 7.52. The van der Waals surface area contributed by atoms with E-state index in [2.05, 4.69) is 10.0 Å². The summed E-state index contributed by atoms with van der Waals surface area (Å²) in [4.78, 5) is 11.8. The van der Waals surface area contributed by atoms with Crippen molar-refractivity contribution in [3.63, 3.8) is 0 Å². The van der Waals surface area contributed by atoms with Crippen LogP contribution in [0.5, 0.6) is 0 Å². The summed E-state index contributed by atoms with van der Waals surface area (Å²) in [7, 11) is -3.73. The molecule has 1 atom stereocenters. The fraction of sp³-hybridized carbons (Fsp3) is 0.533. The first-order valence-electron chi connectivity index (χ1n) is 7.81. The number of hydrogen-bond acceptors (Lipinski definition) is 5. The van der Waals surface area contributed by atoms with Crippen molar-refractivity contribution < 1.29 is 26.7 Å². The fourth-order valence-corrected chi connectivity index (χ4v) is 3.33. The maximum absolute atomic E-state index is 13.0. The Hall–Kier alpha value is -1.33. The highest BCUT2D eigenvalue weighted by atomic mass is 35.5. The van der Waals surface area contributed by atoms with Gasteiger partial charge in [-0.25, -0.2) is 21.9 Å². The van der Waals surface area contributed by atoms with Crippen LogP contribution >= 0.6 is 12.4 Å². The average Bonchev–Trinajstić information content (AvgIpc) is 3.12. The van der Waals surface area contributed by atoms with E-state index in [1.54, 1.807) is 0 Å². The van der Waals surface area contributed by atoms with Gasteiger partial charge in [-0.15, -0.1) is 12.4 Å². The van der Waals surface area contributed by atoms with E-state index in [0.717, 1.165) is 12.8 Å². The van der Waals surface area contributed by atoms with Crippen LogP contribution in [0.4, 0.5) is 8.78 Å². The van der Waals surface area contributed by atoms with E-state index in [-0.39, 0.29) is 35.5 Å². The van der Waals surface area contributed by atoms with E-state index in [9.17, 15) is 22.0 Å². The van der Waals surface area contributed by atoms with Gasteiger partial charge in [-0.1, -0.05) is 0 Å². The molecule has 7 nitrogen and oxygen atoms in total. The maximum atomic E-state index is 13.0. The van der Waals surface area contributed by atoms with E-state index in [1.807, 2.05) is 0 Å². The number of carbonyl (C=O) groups is 1. The van der Waals surface area contributed by atoms with Crippen molar-refractivity contribution in [3.8, 4) is 0 Å². The largest absolute Gasteiger partial charge is 0.377 e. The van der Waals surface area contributed by atoms with Crippen molar-refractivity contribution >= 4 is 28.3 Å². The quantitative estimate of drug-likeness (QED) is 0.586. The summed E-state index contributed by atoms with van der Waals surface area (Å²) in [5.74, 6) is -3.92. The Kier molecular flexibility index (Phi) is 8.35. The number of halogens is 3. The lowest BCUT2D eigenvalue weighted by atomic mass is 10.2. The smallest absolute Gasteiger partial charge is 0.277 e. The van der Waals surface area contributed by atoms with E-state index in [1.165, 1.54) is 24.3 Å². The third-order valence-corrected chi connectivity index (χ3v) is 5.20. The number of nitrogens with one attached hydrogen (secondary N) is 2. The highest BCUT2D eigenvalue weighted by Gasteiger charge is 2.27. The molecule has 0 bridgehead atoms. The molecule has 1 fully saturated rings. The molecular formula is C15H22ClF2N3O4S. The van der Waals surface area contributed by atoms with Crippen LogP contribution in [0, 0.1) is 0 Å². The zero-order valence-electron chi connectivity index (χ0n) is 13.9. The van der Waals surface area contributed by atoms with Crippen molar-refractivity contribution in [2.75, 3.05) is 26.2 Å². The number of rotatable bonds is 8. The van der Waals surface area contributed by atoms with Gasteiger partial charge in [0.25, 0.3) is 11.8 Å². The minimum absolute atomic E-state index is 0. The second kappa shape index (κ2) is 9.56. The Labute approximate surface area is 157 Å². The summed E-state index contributed by atoms with van der Waals surface area (Å²) >= 11 is 0. The first-order valence-corrected chi connectivity index (χ1v) is 9.29. The molecular weight excluding hydrogens is 392 g/mol. The Morgan fingerprint density at radius 3 is 2.50 bits per heavy atom. The van der Waals surface area contributed by atoms with Gasteiger partial charge in [0.1, 0.15) is 0 Å². The SMILES string of the molecule is Cl.NCC(F)(F)CNC(=O)c1ccc(S(=O)(=O)NCC2CCCO2)cc1. The number of amides is 1. The highest BCUT2D eigenvalue weighted by Crippen LogP contribution is 2.14. The lowest BCUT2D eigenvalue weighted by molar-refractivity contribution is 0.0118. The van der Waals surface area contributed by atoms with Crippen molar-refractivity contribution in [1.82, 2.24) is 10.0 Å². The zero-order chi connectivity index (χ0) is 18.5. The molecule has 148 valence electrons. The summed E-state index contributed by atoms with van der Waals surface area (Å²) in [6.07, 6.45) is 1.57. The molecule has 26 heavy (non-hydrogen) atoms. The van der Waals surface area contributed by atoms with Crippen LogP contribution in [-0.2, 0) is 14.8 Å². The van der Waals surface area contributed by atoms with Crippen LogP contribution in [0.2, 0.25) is 0 Å². The molecule has 4 N–H and O–H groups in total. The molecule has 1 heterocycles. The average molecular weight is 414 g/mol. The third kappa shape index (κ3) is 6.44. The Morgan fingerprint density at radius 2 is 1.96 bits per heavy atom. The van der Waals surface area contributed by atoms with E-state index in [4.69, 9.17) is 10.5 Å². The first kappa shape index (κ1) is 22.7. The van der Waals surface area contributed by atoms with Crippen LogP contribution in [-0.4, -0.2) is 52.6 Å². The lowest BCUT2D eigenvalue weighted by Crippen LogP contribution is -2.41. The van der Waals surface area contributed by atoms with Gasteiger partial charge in [-0.3, -0.25) is 4.79 Å². The number of hydrogen-bond donors (Lipinski definition) is 3.